The van der Waals surface area contributed by atoms with Crippen LogP contribution >= 0.6 is 0 Å². The third-order valence-corrected chi connectivity index (χ3v) is 2.16. The van der Waals surface area contributed by atoms with Crippen LogP contribution in [-0.2, 0) is 7.05 Å². The van der Waals surface area contributed by atoms with Gasteiger partial charge in [0.15, 0.2) is 5.82 Å². The fourth-order valence-corrected chi connectivity index (χ4v) is 1.35. The molecule has 3 N–H and O–H groups in total. The van der Waals surface area contributed by atoms with Gasteiger partial charge in [0.1, 0.15) is 0 Å². The summed E-state index contributed by atoms with van der Waals surface area (Å²) in [6, 6.07) is 8.97. The fourth-order valence-electron chi connectivity index (χ4n) is 1.35. The largest absolute Gasteiger partial charge is 0.397 e. The summed E-state index contributed by atoms with van der Waals surface area (Å²) >= 11 is 0. The van der Waals surface area contributed by atoms with Gasteiger partial charge >= 0.3 is 0 Å². The second-order valence-electron chi connectivity index (χ2n) is 3.41. The highest BCUT2D eigenvalue weighted by Gasteiger charge is 2.03. The first-order chi connectivity index (χ1) is 7.69. The van der Waals surface area contributed by atoms with E-state index in [2.05, 4.69) is 16.5 Å². The normalized spacial score (nSPS) is 9.75. The summed E-state index contributed by atoms with van der Waals surface area (Å²) in [7, 11) is 1.83. The molecule has 0 unspecified atom stereocenters. The predicted octanol–water partition coefficient (Wildman–Crippen LogP) is 1.62. The van der Waals surface area contributed by atoms with Gasteiger partial charge in [-0.1, -0.05) is 0 Å². The number of nitrogens with two attached hydrogens (primary N) is 1. The highest BCUT2D eigenvalue weighted by Crippen LogP contribution is 2.22. The zero-order valence-electron chi connectivity index (χ0n) is 8.81. The van der Waals surface area contributed by atoms with Crippen molar-refractivity contribution < 1.29 is 0 Å². The Hall–Kier alpha value is -2.48. The van der Waals surface area contributed by atoms with E-state index in [9.17, 15) is 0 Å². The number of anilines is 3. The van der Waals surface area contributed by atoms with E-state index in [4.69, 9.17) is 11.0 Å². The molecule has 2 rings (SSSR count). The van der Waals surface area contributed by atoms with E-state index < -0.39 is 0 Å². The number of nitrogens with one attached hydrogen (secondary N) is 1. The van der Waals surface area contributed by atoms with Crippen LogP contribution in [0.3, 0.4) is 0 Å². The Labute approximate surface area is 93.1 Å². The van der Waals surface area contributed by atoms with Crippen molar-refractivity contribution in [2.24, 2.45) is 7.05 Å². The molecule has 16 heavy (non-hydrogen) atoms. The molecule has 0 saturated heterocycles. The van der Waals surface area contributed by atoms with E-state index in [1.807, 2.05) is 19.3 Å². The summed E-state index contributed by atoms with van der Waals surface area (Å²) < 4.78 is 1.69. The van der Waals surface area contributed by atoms with Crippen molar-refractivity contribution in [3.05, 3.63) is 36.0 Å². The van der Waals surface area contributed by atoms with Gasteiger partial charge in [-0.25, -0.2) is 0 Å². The minimum Gasteiger partial charge on any atom is -0.397 e. The molecule has 80 valence electrons. The molecule has 0 amide bonds. The number of nitrogens with zero attached hydrogens (tertiary/aromatic N) is 3. The molecular formula is C11H11N5. The minimum absolute atomic E-state index is 0.563. The molecule has 1 aromatic carbocycles. The van der Waals surface area contributed by atoms with E-state index in [1.165, 1.54) is 0 Å². The Morgan fingerprint density at radius 3 is 2.88 bits per heavy atom. The number of aromatic nitrogens is 2. The second kappa shape index (κ2) is 3.95. The molecule has 0 aliphatic heterocycles. The number of aryl methyl sites for hydroxylation is 1. The Morgan fingerprint density at radius 2 is 2.25 bits per heavy atom. The molecule has 0 radical (unpaired) electrons. The minimum atomic E-state index is 0.563. The van der Waals surface area contributed by atoms with Gasteiger partial charge in [0.25, 0.3) is 0 Å². The Balaban J connectivity index is 2.30. The second-order valence-corrected chi connectivity index (χ2v) is 3.41. The monoisotopic (exact) mass is 213 g/mol. The van der Waals surface area contributed by atoms with Crippen molar-refractivity contribution in [1.29, 1.82) is 5.26 Å². The molecule has 0 saturated carbocycles. The lowest BCUT2D eigenvalue weighted by Gasteiger charge is -2.06. The Morgan fingerprint density at radius 1 is 1.44 bits per heavy atom. The molecule has 5 heteroatoms. The van der Waals surface area contributed by atoms with E-state index in [-0.39, 0.29) is 0 Å². The van der Waals surface area contributed by atoms with Gasteiger partial charge < -0.3 is 11.1 Å². The van der Waals surface area contributed by atoms with E-state index in [0.717, 1.165) is 0 Å². The van der Waals surface area contributed by atoms with Crippen LogP contribution in [0.1, 0.15) is 5.56 Å². The van der Waals surface area contributed by atoms with Crippen molar-refractivity contribution >= 4 is 17.2 Å². The summed E-state index contributed by atoms with van der Waals surface area (Å²) in [5, 5.41) is 16.0. The average Bonchev–Trinajstić information content (AvgIpc) is 2.67. The van der Waals surface area contributed by atoms with Gasteiger partial charge in [-0.2, -0.15) is 10.4 Å². The third kappa shape index (κ3) is 1.96. The molecule has 2 aromatic rings. The van der Waals surface area contributed by atoms with Crippen LogP contribution in [0, 0.1) is 11.3 Å². The number of nitriles is 1. The van der Waals surface area contributed by atoms with Gasteiger partial charge in [-0.3, -0.25) is 4.68 Å². The maximum absolute atomic E-state index is 8.78. The highest BCUT2D eigenvalue weighted by atomic mass is 15.3. The van der Waals surface area contributed by atoms with Crippen LogP contribution in [0.25, 0.3) is 0 Å². The smallest absolute Gasteiger partial charge is 0.152 e. The number of rotatable bonds is 2. The van der Waals surface area contributed by atoms with Crippen LogP contribution in [0.4, 0.5) is 17.2 Å². The SMILES string of the molecule is Cn1ccc(Nc2cc(C#N)ccc2N)n1. The lowest BCUT2D eigenvalue weighted by atomic mass is 10.2. The van der Waals surface area contributed by atoms with Crippen molar-refractivity contribution in [3.8, 4) is 6.07 Å². The third-order valence-electron chi connectivity index (χ3n) is 2.16. The Kier molecular flexibility index (Phi) is 2.48. The van der Waals surface area contributed by atoms with Gasteiger partial charge in [-0.05, 0) is 18.2 Å². The first-order valence-electron chi connectivity index (χ1n) is 4.75. The molecule has 1 heterocycles. The lowest BCUT2D eigenvalue weighted by molar-refractivity contribution is 0.771. The first kappa shape index (κ1) is 10.1. The van der Waals surface area contributed by atoms with Crippen LogP contribution < -0.4 is 11.1 Å². The zero-order chi connectivity index (χ0) is 11.5. The lowest BCUT2D eigenvalue weighted by Crippen LogP contribution is -1.98. The molecule has 1 aromatic heterocycles. The molecule has 5 nitrogen and oxygen atoms in total. The average molecular weight is 213 g/mol. The molecule has 0 bridgehead atoms. The van der Waals surface area contributed by atoms with Crippen LogP contribution in [-0.4, -0.2) is 9.78 Å². The summed E-state index contributed by atoms with van der Waals surface area (Å²) in [4.78, 5) is 0. The molecule has 0 spiro atoms. The van der Waals surface area contributed by atoms with Crippen LogP contribution in [0.5, 0.6) is 0 Å². The quantitative estimate of drug-likeness (QED) is 0.743. The van der Waals surface area contributed by atoms with E-state index in [1.54, 1.807) is 22.9 Å². The molecule has 0 aliphatic rings. The Bertz CT molecular complexity index is 550. The standard InChI is InChI=1S/C11H11N5/c1-16-5-4-11(15-16)14-10-6-8(7-12)2-3-9(10)13/h2-6H,13H2,1H3,(H,14,15). The summed E-state index contributed by atoms with van der Waals surface area (Å²) in [5.74, 6) is 0.698. The summed E-state index contributed by atoms with van der Waals surface area (Å²) in [6.45, 7) is 0. The highest BCUT2D eigenvalue weighted by molar-refractivity contribution is 5.72. The van der Waals surface area contributed by atoms with Crippen LogP contribution in [0.2, 0.25) is 0 Å². The number of hydrogen-bond donors (Lipinski definition) is 2. The van der Waals surface area contributed by atoms with Gasteiger partial charge in [0, 0.05) is 19.3 Å². The molecule has 0 fully saturated rings. The number of hydrogen-bond acceptors (Lipinski definition) is 4. The molecule has 0 atom stereocenters. The van der Waals surface area contributed by atoms with Crippen molar-refractivity contribution in [1.82, 2.24) is 9.78 Å². The summed E-state index contributed by atoms with van der Waals surface area (Å²) in [5.41, 5.74) is 7.63. The van der Waals surface area contributed by atoms with Gasteiger partial charge in [-0.15, -0.1) is 0 Å². The maximum Gasteiger partial charge on any atom is 0.152 e. The number of nitrogen functional groups attached to an aromatic ring is 1. The summed E-state index contributed by atoms with van der Waals surface area (Å²) in [6.07, 6.45) is 1.83. The van der Waals surface area contributed by atoms with Crippen molar-refractivity contribution in [2.75, 3.05) is 11.1 Å². The van der Waals surface area contributed by atoms with E-state index in [0.29, 0.717) is 22.8 Å². The number of benzene rings is 1. The first-order valence-corrected chi connectivity index (χ1v) is 4.75. The zero-order valence-corrected chi connectivity index (χ0v) is 8.81. The van der Waals surface area contributed by atoms with E-state index >= 15 is 0 Å². The maximum atomic E-state index is 8.78. The van der Waals surface area contributed by atoms with Gasteiger partial charge in [0.05, 0.1) is 23.0 Å². The fraction of sp³-hybridized carbons (Fsp3) is 0.0909. The molecule has 0 aliphatic carbocycles. The predicted molar refractivity (Wildman–Crippen MR) is 62.1 cm³/mol. The van der Waals surface area contributed by atoms with Crippen LogP contribution in [0.15, 0.2) is 30.5 Å². The van der Waals surface area contributed by atoms with Gasteiger partial charge in [0.2, 0.25) is 0 Å². The van der Waals surface area contributed by atoms with Crippen molar-refractivity contribution in [3.63, 3.8) is 0 Å². The topological polar surface area (TPSA) is 79.7 Å². The molecular weight excluding hydrogens is 202 g/mol. The van der Waals surface area contributed by atoms with Crippen molar-refractivity contribution in [2.45, 2.75) is 0 Å².